The molecular weight excluding hydrogens is 338 g/mol. The maximum atomic E-state index is 14.8. The van der Waals surface area contributed by atoms with E-state index in [4.69, 9.17) is 4.74 Å². The van der Waals surface area contributed by atoms with E-state index in [-0.39, 0.29) is 30.4 Å². The molecule has 2 atom stereocenters. The topological polar surface area (TPSA) is 50.4 Å². The quantitative estimate of drug-likeness (QED) is 0.863. The molecule has 2 fully saturated rings. The number of hydrogen-bond donors (Lipinski definition) is 2. The molecule has 0 bridgehead atoms. The molecule has 2 N–H and O–H groups in total. The number of benzene rings is 1. The van der Waals surface area contributed by atoms with Gasteiger partial charge in [0.25, 0.3) is 5.91 Å². The maximum absolute atomic E-state index is 14.8. The molecule has 1 saturated carbocycles. The highest BCUT2D eigenvalue weighted by Crippen LogP contribution is 2.27. The van der Waals surface area contributed by atoms with Crippen molar-refractivity contribution in [1.29, 1.82) is 0 Å². The predicted molar refractivity (Wildman–Crippen MR) is 94.3 cm³/mol. The van der Waals surface area contributed by atoms with Gasteiger partial charge in [-0.2, -0.15) is 0 Å². The van der Waals surface area contributed by atoms with Crippen LogP contribution < -0.4 is 10.6 Å². The van der Waals surface area contributed by atoms with Gasteiger partial charge in [0.15, 0.2) is 0 Å². The lowest BCUT2D eigenvalue weighted by Crippen LogP contribution is -2.50. The minimum atomic E-state index is -0.664. The number of carbonyl (C=O) groups is 1. The fourth-order valence-electron chi connectivity index (χ4n) is 4.45. The zero-order valence-electron chi connectivity index (χ0n) is 14.9. The lowest BCUT2D eigenvalue weighted by atomic mass is 9.90. The Kier molecular flexibility index (Phi) is 5.23. The van der Waals surface area contributed by atoms with Crippen molar-refractivity contribution in [2.75, 3.05) is 6.61 Å². The van der Waals surface area contributed by atoms with Gasteiger partial charge in [-0.15, -0.1) is 0 Å². The molecular formula is C20H26F2N2O2. The summed E-state index contributed by atoms with van der Waals surface area (Å²) >= 11 is 0. The monoisotopic (exact) mass is 364 g/mol. The Bertz CT molecular complexity index is 674. The van der Waals surface area contributed by atoms with Crippen LogP contribution in [0.15, 0.2) is 12.1 Å². The van der Waals surface area contributed by atoms with E-state index in [1.165, 1.54) is 0 Å². The van der Waals surface area contributed by atoms with Gasteiger partial charge in [0.1, 0.15) is 12.0 Å². The molecule has 0 unspecified atom stereocenters. The summed E-state index contributed by atoms with van der Waals surface area (Å²) in [6.07, 6.45) is 4.66. The summed E-state index contributed by atoms with van der Waals surface area (Å²) in [5.74, 6) is -0.492. The first kappa shape index (κ1) is 17.9. The van der Waals surface area contributed by atoms with Crippen molar-refractivity contribution in [3.8, 4) is 0 Å². The molecule has 0 spiro atoms. The third-order valence-corrected chi connectivity index (χ3v) is 5.96. The molecule has 26 heavy (non-hydrogen) atoms. The molecule has 4 nitrogen and oxygen atoms in total. The van der Waals surface area contributed by atoms with Crippen LogP contribution in [0.1, 0.15) is 60.0 Å². The zero-order chi connectivity index (χ0) is 18.1. The molecule has 1 aromatic rings. The number of hydrogen-bond acceptors (Lipinski definition) is 3. The number of halogens is 2. The van der Waals surface area contributed by atoms with E-state index in [1.807, 2.05) is 0 Å². The Labute approximate surface area is 152 Å². The molecule has 6 heteroatoms. The second-order valence-corrected chi connectivity index (χ2v) is 7.73. The number of rotatable bonds is 4. The minimum absolute atomic E-state index is 0.0931. The summed E-state index contributed by atoms with van der Waals surface area (Å²) < 4.78 is 34.1. The standard InChI is InChI=1S/C20H26F2N2O2/c21-13-4-6-14(7-5-13)24-17-2-1-9-26-18(17)10-12-3-8-15-16(19(12)22)11-23-20(15)25/h3,8,13-14,17-18,24H,1-2,4-7,9-11H2,(H,23,25)/t13?,14?,17-,18+/m0/s1. The fraction of sp³-hybridized carbons (Fsp3) is 0.650. The second-order valence-electron chi connectivity index (χ2n) is 7.73. The summed E-state index contributed by atoms with van der Waals surface area (Å²) in [4.78, 5) is 11.7. The third kappa shape index (κ3) is 3.62. The molecule has 1 saturated heterocycles. The number of amides is 1. The van der Waals surface area contributed by atoms with E-state index in [1.54, 1.807) is 12.1 Å². The number of nitrogens with one attached hydrogen (secondary N) is 2. The molecule has 2 heterocycles. The first-order chi connectivity index (χ1) is 12.6. The Morgan fingerprint density at radius 3 is 2.81 bits per heavy atom. The molecule has 2 aliphatic heterocycles. The first-order valence-corrected chi connectivity index (χ1v) is 9.72. The summed E-state index contributed by atoms with van der Waals surface area (Å²) in [5.41, 5.74) is 1.51. The van der Waals surface area contributed by atoms with Gasteiger partial charge in [0.05, 0.1) is 6.10 Å². The number of carbonyl (C=O) groups excluding carboxylic acids is 1. The van der Waals surface area contributed by atoms with Gasteiger partial charge in [-0.3, -0.25) is 4.79 Å². The lowest BCUT2D eigenvalue weighted by molar-refractivity contribution is -0.0138. The molecule has 1 aliphatic carbocycles. The van der Waals surface area contributed by atoms with Crippen molar-refractivity contribution in [2.45, 2.75) is 75.8 Å². The maximum Gasteiger partial charge on any atom is 0.252 e. The first-order valence-electron chi connectivity index (χ1n) is 9.72. The largest absolute Gasteiger partial charge is 0.376 e. The highest BCUT2D eigenvalue weighted by Gasteiger charge is 2.32. The van der Waals surface area contributed by atoms with Crippen LogP contribution in [0.25, 0.3) is 0 Å². The highest BCUT2D eigenvalue weighted by atomic mass is 19.1. The highest BCUT2D eigenvalue weighted by molar-refractivity contribution is 5.98. The Hall–Kier alpha value is -1.53. The van der Waals surface area contributed by atoms with Crippen LogP contribution >= 0.6 is 0 Å². The SMILES string of the molecule is O=C1NCc2c1ccc(C[C@H]1OCCC[C@@H]1NC1CCC(F)CC1)c2F. The van der Waals surface area contributed by atoms with Crippen LogP contribution in [-0.2, 0) is 17.7 Å². The fourth-order valence-corrected chi connectivity index (χ4v) is 4.45. The van der Waals surface area contributed by atoms with Gasteiger partial charge in [0.2, 0.25) is 0 Å². The van der Waals surface area contributed by atoms with Gasteiger partial charge < -0.3 is 15.4 Å². The van der Waals surface area contributed by atoms with E-state index in [0.717, 1.165) is 25.7 Å². The van der Waals surface area contributed by atoms with Gasteiger partial charge in [-0.25, -0.2) is 8.78 Å². The minimum Gasteiger partial charge on any atom is -0.376 e. The Balaban J connectivity index is 1.45. The van der Waals surface area contributed by atoms with E-state index >= 15 is 0 Å². The number of alkyl halides is 1. The lowest BCUT2D eigenvalue weighted by Gasteiger charge is -2.37. The summed E-state index contributed by atoms with van der Waals surface area (Å²) in [5, 5.41) is 6.32. The van der Waals surface area contributed by atoms with Crippen LogP contribution in [0.5, 0.6) is 0 Å². The van der Waals surface area contributed by atoms with E-state index in [0.29, 0.717) is 48.6 Å². The third-order valence-electron chi connectivity index (χ3n) is 5.96. The van der Waals surface area contributed by atoms with Crippen LogP contribution in [0, 0.1) is 5.82 Å². The van der Waals surface area contributed by atoms with Crippen LogP contribution in [0.4, 0.5) is 8.78 Å². The van der Waals surface area contributed by atoms with Crippen molar-refractivity contribution in [3.05, 3.63) is 34.6 Å². The molecule has 0 aromatic heterocycles. The number of ether oxygens (including phenoxy) is 1. The van der Waals surface area contributed by atoms with Crippen molar-refractivity contribution >= 4 is 5.91 Å². The molecule has 142 valence electrons. The van der Waals surface area contributed by atoms with Gasteiger partial charge >= 0.3 is 0 Å². The Morgan fingerprint density at radius 1 is 1.19 bits per heavy atom. The summed E-state index contributed by atoms with van der Waals surface area (Å²) in [6.45, 7) is 0.945. The van der Waals surface area contributed by atoms with E-state index in [2.05, 4.69) is 10.6 Å². The van der Waals surface area contributed by atoms with E-state index < -0.39 is 6.17 Å². The second kappa shape index (κ2) is 7.61. The van der Waals surface area contributed by atoms with Crippen molar-refractivity contribution in [3.63, 3.8) is 0 Å². The average molecular weight is 364 g/mol. The zero-order valence-corrected chi connectivity index (χ0v) is 14.9. The molecule has 1 amide bonds. The van der Waals surface area contributed by atoms with Crippen molar-refractivity contribution in [2.24, 2.45) is 0 Å². The van der Waals surface area contributed by atoms with Crippen LogP contribution in [0.2, 0.25) is 0 Å². The number of fused-ring (bicyclic) bond motifs is 1. The van der Waals surface area contributed by atoms with Crippen molar-refractivity contribution < 1.29 is 18.3 Å². The molecule has 0 radical (unpaired) electrons. The van der Waals surface area contributed by atoms with Gasteiger partial charge in [-0.1, -0.05) is 6.07 Å². The molecule has 4 rings (SSSR count). The smallest absolute Gasteiger partial charge is 0.252 e. The molecule has 3 aliphatic rings. The van der Waals surface area contributed by atoms with Gasteiger partial charge in [0, 0.05) is 42.8 Å². The van der Waals surface area contributed by atoms with Crippen LogP contribution in [-0.4, -0.2) is 36.9 Å². The van der Waals surface area contributed by atoms with E-state index in [9.17, 15) is 13.6 Å². The normalized spacial score (nSPS) is 31.5. The predicted octanol–water partition coefficient (Wildman–Crippen LogP) is 3.03. The van der Waals surface area contributed by atoms with Crippen LogP contribution in [0.3, 0.4) is 0 Å². The average Bonchev–Trinajstić information content (AvgIpc) is 3.03. The van der Waals surface area contributed by atoms with Crippen molar-refractivity contribution in [1.82, 2.24) is 10.6 Å². The van der Waals surface area contributed by atoms with Gasteiger partial charge in [-0.05, 0) is 50.2 Å². The summed E-state index contributed by atoms with van der Waals surface area (Å²) in [7, 11) is 0. The summed E-state index contributed by atoms with van der Waals surface area (Å²) in [6, 6.07) is 3.91. The molecule has 1 aromatic carbocycles. The Morgan fingerprint density at radius 2 is 2.00 bits per heavy atom.